The zero-order chi connectivity index (χ0) is 12.1. The Labute approximate surface area is 89.8 Å². The number of carbonyl (C=O) groups excluding carboxylic acids is 2. The number of nitrogens with zero attached hydrogens (tertiary/aromatic N) is 2. The Morgan fingerprint density at radius 2 is 2.12 bits per heavy atom. The minimum atomic E-state index is -0.680. The number of aromatic nitrogens is 1. The third-order valence-electron chi connectivity index (χ3n) is 1.65. The predicted molar refractivity (Wildman–Crippen MR) is 52.8 cm³/mol. The average molecular weight is 224 g/mol. The van der Waals surface area contributed by atoms with Crippen LogP contribution in [0.5, 0.6) is 0 Å². The van der Waals surface area contributed by atoms with Gasteiger partial charge in [-0.15, -0.1) is 0 Å². The number of nitrogens with one attached hydrogen (secondary N) is 2. The zero-order valence-electron chi connectivity index (χ0n) is 8.26. The van der Waals surface area contributed by atoms with Crippen molar-refractivity contribution in [2.45, 2.75) is 0 Å². The molecule has 8 nitrogen and oxygen atoms in total. The fraction of sp³-hybridized carbons (Fsp3) is 0.125. The van der Waals surface area contributed by atoms with E-state index in [0.717, 1.165) is 12.3 Å². The quantitative estimate of drug-likeness (QED) is 0.544. The van der Waals surface area contributed by atoms with E-state index in [0.29, 0.717) is 0 Å². The van der Waals surface area contributed by atoms with Crippen molar-refractivity contribution in [2.75, 3.05) is 7.05 Å². The molecule has 0 atom stereocenters. The second kappa shape index (κ2) is 4.82. The monoisotopic (exact) mass is 224 g/mol. The van der Waals surface area contributed by atoms with Crippen LogP contribution in [-0.2, 0) is 0 Å². The molecule has 84 valence electrons. The molecule has 0 saturated heterocycles. The molecule has 0 aromatic carbocycles. The lowest BCUT2D eigenvalue weighted by molar-refractivity contribution is -0.389. The third kappa shape index (κ3) is 2.74. The maximum atomic E-state index is 11.3. The molecule has 2 N–H and O–H groups in total. The van der Waals surface area contributed by atoms with Crippen molar-refractivity contribution in [1.82, 2.24) is 15.6 Å². The maximum Gasteiger partial charge on any atom is 0.363 e. The summed E-state index contributed by atoms with van der Waals surface area (Å²) in [5.74, 6) is -1.04. The minimum Gasteiger partial charge on any atom is -0.358 e. The number of urea groups is 1. The summed E-state index contributed by atoms with van der Waals surface area (Å²) in [6.45, 7) is 0. The van der Waals surface area contributed by atoms with Gasteiger partial charge in [-0.3, -0.25) is 10.1 Å². The molecule has 0 radical (unpaired) electrons. The van der Waals surface area contributed by atoms with E-state index in [1.165, 1.54) is 13.1 Å². The number of rotatable bonds is 2. The second-order valence-corrected chi connectivity index (χ2v) is 2.70. The first kappa shape index (κ1) is 11.6. The first-order valence-electron chi connectivity index (χ1n) is 4.18. The van der Waals surface area contributed by atoms with E-state index in [1.807, 2.05) is 5.32 Å². The van der Waals surface area contributed by atoms with Crippen LogP contribution in [0.3, 0.4) is 0 Å². The highest BCUT2D eigenvalue weighted by Gasteiger charge is 2.13. The molecule has 3 amide bonds. The van der Waals surface area contributed by atoms with E-state index >= 15 is 0 Å². The van der Waals surface area contributed by atoms with Gasteiger partial charge in [-0.2, -0.15) is 0 Å². The van der Waals surface area contributed by atoms with Crippen LogP contribution in [0.2, 0.25) is 0 Å². The number of hydrogen-bond acceptors (Lipinski definition) is 5. The Balaban J connectivity index is 2.78. The molecule has 1 heterocycles. The zero-order valence-corrected chi connectivity index (χ0v) is 8.26. The molecule has 0 saturated carbocycles. The second-order valence-electron chi connectivity index (χ2n) is 2.70. The van der Waals surface area contributed by atoms with Gasteiger partial charge >= 0.3 is 11.8 Å². The molecule has 0 aliphatic rings. The lowest BCUT2D eigenvalue weighted by Gasteiger charge is -2.01. The summed E-state index contributed by atoms with van der Waals surface area (Å²) in [4.78, 5) is 35.2. The van der Waals surface area contributed by atoms with Crippen molar-refractivity contribution in [3.8, 4) is 0 Å². The number of hydrogen-bond donors (Lipinski definition) is 2. The van der Waals surface area contributed by atoms with Crippen molar-refractivity contribution in [1.29, 1.82) is 0 Å². The summed E-state index contributed by atoms with van der Waals surface area (Å²) >= 11 is 0. The van der Waals surface area contributed by atoms with Crippen molar-refractivity contribution in [3.63, 3.8) is 0 Å². The van der Waals surface area contributed by atoms with Gasteiger partial charge in [-0.1, -0.05) is 0 Å². The smallest absolute Gasteiger partial charge is 0.358 e. The van der Waals surface area contributed by atoms with Crippen molar-refractivity contribution in [3.05, 3.63) is 34.0 Å². The van der Waals surface area contributed by atoms with Crippen LogP contribution in [0.25, 0.3) is 0 Å². The van der Waals surface area contributed by atoms with E-state index in [-0.39, 0.29) is 11.4 Å². The first-order chi connectivity index (χ1) is 7.54. The van der Waals surface area contributed by atoms with Crippen LogP contribution < -0.4 is 10.6 Å². The van der Waals surface area contributed by atoms with E-state index < -0.39 is 16.9 Å². The molecule has 1 aromatic heterocycles. The van der Waals surface area contributed by atoms with E-state index in [2.05, 4.69) is 10.3 Å². The summed E-state index contributed by atoms with van der Waals surface area (Å²) < 4.78 is 0. The molecule has 0 aliphatic heterocycles. The minimum absolute atomic E-state index is 0.0641. The highest BCUT2D eigenvalue weighted by Crippen LogP contribution is 2.06. The van der Waals surface area contributed by atoms with Crippen molar-refractivity contribution >= 4 is 17.8 Å². The fourth-order valence-corrected chi connectivity index (χ4v) is 0.866. The predicted octanol–water partition coefficient (Wildman–Crippen LogP) is 0.0590. The van der Waals surface area contributed by atoms with Crippen LogP contribution in [0.4, 0.5) is 10.6 Å². The van der Waals surface area contributed by atoms with Crippen LogP contribution in [0, 0.1) is 10.1 Å². The standard InChI is InChI=1S/C8H8N4O4/c1-9-8(14)11-7(13)5-2-3-6(10-4-5)12(15)16/h2-4H,1H3,(H2,9,11,13,14). The summed E-state index contributed by atoms with van der Waals surface area (Å²) in [6.07, 6.45) is 1.02. The van der Waals surface area contributed by atoms with Gasteiger partial charge in [-0.05, 0) is 16.0 Å². The molecule has 0 unspecified atom stereocenters. The number of imide groups is 1. The normalized spacial score (nSPS) is 9.31. The fourth-order valence-electron chi connectivity index (χ4n) is 0.866. The Morgan fingerprint density at radius 1 is 1.44 bits per heavy atom. The van der Waals surface area contributed by atoms with Gasteiger partial charge in [0.15, 0.2) is 6.20 Å². The van der Waals surface area contributed by atoms with Gasteiger partial charge in [0.25, 0.3) is 5.91 Å². The van der Waals surface area contributed by atoms with Crippen molar-refractivity contribution in [2.24, 2.45) is 0 Å². The van der Waals surface area contributed by atoms with Crippen LogP contribution in [0.1, 0.15) is 10.4 Å². The lowest BCUT2D eigenvalue weighted by Crippen LogP contribution is -2.37. The Morgan fingerprint density at radius 3 is 2.56 bits per heavy atom. The Hall–Kier alpha value is -2.51. The summed E-state index contributed by atoms with van der Waals surface area (Å²) in [5, 5.41) is 14.5. The topological polar surface area (TPSA) is 114 Å². The first-order valence-corrected chi connectivity index (χ1v) is 4.18. The van der Waals surface area contributed by atoms with Gasteiger partial charge in [0.1, 0.15) is 0 Å². The highest BCUT2D eigenvalue weighted by molar-refractivity contribution is 6.03. The number of amides is 3. The molecule has 0 aliphatic carbocycles. The largest absolute Gasteiger partial charge is 0.363 e. The molecule has 16 heavy (non-hydrogen) atoms. The third-order valence-corrected chi connectivity index (χ3v) is 1.65. The highest BCUT2D eigenvalue weighted by atomic mass is 16.6. The Kier molecular flexibility index (Phi) is 3.49. The number of carbonyl (C=O) groups is 2. The number of nitro groups is 1. The van der Waals surface area contributed by atoms with Gasteiger partial charge < -0.3 is 15.4 Å². The number of pyridine rings is 1. The van der Waals surface area contributed by atoms with Crippen LogP contribution in [0.15, 0.2) is 18.3 Å². The molecule has 0 spiro atoms. The Bertz CT molecular complexity index is 428. The molecule has 1 aromatic rings. The molecule has 0 fully saturated rings. The van der Waals surface area contributed by atoms with Gasteiger partial charge in [0.05, 0.1) is 5.56 Å². The van der Waals surface area contributed by atoms with Crippen molar-refractivity contribution < 1.29 is 14.5 Å². The summed E-state index contributed by atoms with van der Waals surface area (Å²) in [7, 11) is 1.36. The SMILES string of the molecule is CNC(=O)NC(=O)c1ccc([N+](=O)[O-])nc1. The van der Waals surface area contributed by atoms with Gasteiger partial charge in [0, 0.05) is 13.1 Å². The van der Waals surface area contributed by atoms with E-state index in [4.69, 9.17) is 0 Å². The molecule has 8 heteroatoms. The van der Waals surface area contributed by atoms with Gasteiger partial charge in [0.2, 0.25) is 0 Å². The lowest BCUT2D eigenvalue weighted by atomic mass is 10.2. The maximum absolute atomic E-state index is 11.3. The van der Waals surface area contributed by atoms with Crippen LogP contribution in [-0.4, -0.2) is 28.9 Å². The molecule has 1 rings (SSSR count). The summed E-state index contributed by atoms with van der Waals surface area (Å²) in [6, 6.07) is 1.63. The average Bonchev–Trinajstić information content (AvgIpc) is 2.28. The van der Waals surface area contributed by atoms with Crippen LogP contribution >= 0.6 is 0 Å². The summed E-state index contributed by atoms with van der Waals surface area (Å²) in [5.41, 5.74) is 0.0641. The van der Waals surface area contributed by atoms with Gasteiger partial charge in [-0.25, -0.2) is 4.79 Å². The molecule has 0 bridgehead atoms. The molecular formula is C8H8N4O4. The molecular weight excluding hydrogens is 216 g/mol. The van der Waals surface area contributed by atoms with E-state index in [9.17, 15) is 19.7 Å². The van der Waals surface area contributed by atoms with E-state index in [1.54, 1.807) is 0 Å².